The molecule has 10 heteroatoms. The van der Waals surface area contributed by atoms with Crippen LogP contribution in [0.25, 0.3) is 110 Å². The number of fused-ring (bicyclic) bond motifs is 6. The van der Waals surface area contributed by atoms with E-state index in [0.717, 1.165) is 77.2 Å². The summed E-state index contributed by atoms with van der Waals surface area (Å²) in [4.78, 5) is 38.1. The van der Waals surface area contributed by atoms with Gasteiger partial charge >= 0.3 is 0 Å². The molecule has 0 aliphatic heterocycles. The molecular weight excluding hydrogens is 801 g/mol. The predicted octanol–water partition coefficient (Wildman–Crippen LogP) is 13.0. The van der Waals surface area contributed by atoms with Gasteiger partial charge in [0.1, 0.15) is 22.7 Å². The van der Waals surface area contributed by atoms with Crippen LogP contribution < -0.4 is 5.32 Å². The van der Waals surface area contributed by atoms with Gasteiger partial charge in [0.25, 0.3) is 5.91 Å². The Balaban J connectivity index is 0.770. The number of hydrogen-bond donors (Lipinski definition) is 4. The maximum absolute atomic E-state index is 15.6. The zero-order valence-electron chi connectivity index (χ0n) is 34.2. The van der Waals surface area contributed by atoms with E-state index in [1.54, 1.807) is 12.1 Å². The SMILES string of the molecule is Cc1cccc2c(-c3ccc4cc(CNC(=O)c5cccc6nc(-c7c[nH]c8cc(-c9ccc%10c(-c%11ccc%12cccc(F)c%12n%11)c[nH]c%10c9)ccc78)ccc56)cc(F)c4n3)c[nH]c12. The minimum absolute atomic E-state index is 0.138. The molecule has 306 valence electrons. The van der Waals surface area contributed by atoms with Crippen LogP contribution in [-0.4, -0.2) is 35.8 Å². The molecule has 12 aromatic rings. The van der Waals surface area contributed by atoms with Gasteiger partial charge in [-0.15, -0.1) is 0 Å². The van der Waals surface area contributed by atoms with Gasteiger partial charge in [0.15, 0.2) is 0 Å². The van der Waals surface area contributed by atoms with Crippen molar-refractivity contribution in [3.8, 4) is 44.9 Å². The summed E-state index contributed by atoms with van der Waals surface area (Å²) in [6.45, 7) is 2.19. The highest BCUT2D eigenvalue weighted by atomic mass is 19.1. The highest BCUT2D eigenvalue weighted by molar-refractivity contribution is 6.07. The molecule has 0 saturated carbocycles. The maximum atomic E-state index is 15.6. The van der Waals surface area contributed by atoms with Gasteiger partial charge in [-0.1, -0.05) is 72.8 Å². The van der Waals surface area contributed by atoms with Crippen molar-refractivity contribution in [2.75, 3.05) is 0 Å². The van der Waals surface area contributed by atoms with Crippen LogP contribution in [-0.2, 0) is 6.54 Å². The monoisotopic (exact) mass is 835 g/mol. The lowest BCUT2D eigenvalue weighted by Crippen LogP contribution is -2.23. The zero-order valence-corrected chi connectivity index (χ0v) is 34.2. The molecule has 0 fully saturated rings. The molecule has 6 aromatic carbocycles. The Kier molecular flexibility index (Phi) is 8.48. The van der Waals surface area contributed by atoms with Crippen molar-refractivity contribution in [3.63, 3.8) is 0 Å². The van der Waals surface area contributed by atoms with E-state index in [2.05, 4.69) is 61.7 Å². The number of carbonyl (C=O) groups is 1. The van der Waals surface area contributed by atoms with Crippen molar-refractivity contribution in [1.82, 2.24) is 35.2 Å². The summed E-state index contributed by atoms with van der Waals surface area (Å²) < 4.78 is 30.1. The molecule has 0 aliphatic carbocycles. The first-order valence-corrected chi connectivity index (χ1v) is 21.0. The average molecular weight is 836 g/mol. The summed E-state index contributed by atoms with van der Waals surface area (Å²) in [7, 11) is 0. The second kappa shape index (κ2) is 14.6. The third kappa shape index (κ3) is 6.18. The van der Waals surface area contributed by atoms with Crippen molar-refractivity contribution in [3.05, 3.63) is 186 Å². The molecule has 6 aromatic heterocycles. The topological polar surface area (TPSA) is 115 Å². The van der Waals surface area contributed by atoms with E-state index in [9.17, 15) is 9.18 Å². The molecule has 4 N–H and O–H groups in total. The number of carbonyl (C=O) groups excluding carboxylic acids is 1. The van der Waals surface area contributed by atoms with Gasteiger partial charge in [0, 0.05) is 96.3 Å². The number of amides is 1. The van der Waals surface area contributed by atoms with E-state index in [-0.39, 0.29) is 23.8 Å². The number of rotatable bonds is 7. The molecular formula is C54H35F2N7O. The fraction of sp³-hybridized carbons (Fsp3) is 0.0370. The zero-order chi connectivity index (χ0) is 43.1. The Morgan fingerprint density at radius 3 is 1.91 bits per heavy atom. The number of benzene rings is 6. The summed E-state index contributed by atoms with van der Waals surface area (Å²) in [6, 6.07) is 43.9. The highest BCUT2D eigenvalue weighted by Gasteiger charge is 2.17. The largest absolute Gasteiger partial charge is 0.360 e. The minimum atomic E-state index is -0.446. The molecule has 1 amide bonds. The van der Waals surface area contributed by atoms with Crippen LogP contribution in [0.3, 0.4) is 0 Å². The van der Waals surface area contributed by atoms with E-state index in [1.807, 2.05) is 104 Å². The molecule has 64 heavy (non-hydrogen) atoms. The van der Waals surface area contributed by atoms with Crippen molar-refractivity contribution in [2.45, 2.75) is 13.5 Å². The number of aromatic nitrogens is 6. The molecule has 12 rings (SSSR count). The van der Waals surface area contributed by atoms with Gasteiger partial charge in [-0.2, -0.15) is 0 Å². The lowest BCUT2D eigenvalue weighted by atomic mass is 10.00. The molecule has 6 heterocycles. The number of aromatic amines is 3. The number of nitrogens with one attached hydrogen (secondary N) is 4. The lowest BCUT2D eigenvalue weighted by molar-refractivity contribution is 0.0952. The van der Waals surface area contributed by atoms with Crippen LogP contribution >= 0.6 is 0 Å². The standard InChI is InChI=1S/C54H35F2N7O/c1-29-5-2-7-38-42(28-59-51(29)38)48-19-14-34-21-30(22-44(56)53(34)63-48)25-60-54(64)39-8-4-10-45-35(39)17-20-46(61-45)40-26-57-49-23-32(11-15-36(40)49)33-12-16-37-41(27-58-50(37)24-33)47-18-13-31-6-3-9-43(55)52(31)62-47/h2-24,26-28,57-59H,25H2,1H3,(H,60,64). The molecule has 0 atom stereocenters. The fourth-order valence-electron chi connectivity index (χ4n) is 9.10. The van der Waals surface area contributed by atoms with Gasteiger partial charge in [-0.05, 0) is 95.9 Å². The van der Waals surface area contributed by atoms with Crippen LogP contribution in [0, 0.1) is 18.6 Å². The summed E-state index contributed by atoms with van der Waals surface area (Å²) >= 11 is 0. The van der Waals surface area contributed by atoms with Crippen LogP contribution in [0.15, 0.2) is 158 Å². The van der Waals surface area contributed by atoms with Crippen molar-refractivity contribution in [1.29, 1.82) is 0 Å². The smallest absolute Gasteiger partial charge is 0.252 e. The molecule has 0 bridgehead atoms. The number of hydrogen-bond acceptors (Lipinski definition) is 4. The van der Waals surface area contributed by atoms with Gasteiger partial charge in [-0.3, -0.25) is 4.79 Å². The normalized spacial score (nSPS) is 11.8. The Morgan fingerprint density at radius 1 is 0.547 bits per heavy atom. The van der Waals surface area contributed by atoms with Gasteiger partial charge in [0.05, 0.1) is 22.6 Å². The lowest BCUT2D eigenvalue weighted by Gasteiger charge is -2.11. The van der Waals surface area contributed by atoms with E-state index >= 15 is 4.39 Å². The van der Waals surface area contributed by atoms with Gasteiger partial charge < -0.3 is 20.3 Å². The molecule has 8 nitrogen and oxygen atoms in total. The average Bonchev–Trinajstić information content (AvgIpc) is 4.08. The molecule has 0 spiro atoms. The summed E-state index contributed by atoms with van der Waals surface area (Å²) in [5.41, 5.74) is 13.5. The minimum Gasteiger partial charge on any atom is -0.360 e. The summed E-state index contributed by atoms with van der Waals surface area (Å²) in [5.74, 6) is -1.06. The third-order valence-corrected chi connectivity index (χ3v) is 12.4. The molecule has 0 saturated heterocycles. The number of para-hydroxylation sites is 2. The summed E-state index contributed by atoms with van der Waals surface area (Å²) in [5, 5.41) is 8.18. The highest BCUT2D eigenvalue weighted by Crippen LogP contribution is 2.36. The van der Waals surface area contributed by atoms with Crippen molar-refractivity contribution >= 4 is 71.3 Å². The molecule has 0 aliphatic rings. The number of nitrogens with zero attached hydrogens (tertiary/aromatic N) is 3. The number of pyridine rings is 3. The third-order valence-electron chi connectivity index (χ3n) is 12.4. The van der Waals surface area contributed by atoms with E-state index in [4.69, 9.17) is 9.97 Å². The van der Waals surface area contributed by atoms with Crippen LogP contribution in [0.2, 0.25) is 0 Å². The van der Waals surface area contributed by atoms with Gasteiger partial charge in [-0.25, -0.2) is 23.7 Å². The first-order valence-electron chi connectivity index (χ1n) is 21.0. The summed E-state index contributed by atoms with van der Waals surface area (Å²) in [6.07, 6.45) is 5.79. The Hall–Kier alpha value is -8.50. The maximum Gasteiger partial charge on any atom is 0.252 e. The van der Waals surface area contributed by atoms with Gasteiger partial charge in [0.2, 0.25) is 0 Å². The predicted molar refractivity (Wildman–Crippen MR) is 252 cm³/mol. The quantitative estimate of drug-likeness (QED) is 0.128. The Labute approximate surface area is 363 Å². The van der Waals surface area contributed by atoms with Crippen molar-refractivity contribution < 1.29 is 13.6 Å². The van der Waals surface area contributed by atoms with Crippen LogP contribution in [0.5, 0.6) is 0 Å². The second-order valence-corrected chi connectivity index (χ2v) is 16.2. The fourth-order valence-corrected chi connectivity index (χ4v) is 9.10. The van der Waals surface area contributed by atoms with Crippen LogP contribution in [0.1, 0.15) is 21.5 Å². The first-order chi connectivity index (χ1) is 31.3. The Morgan fingerprint density at radius 2 is 1.16 bits per heavy atom. The van der Waals surface area contributed by atoms with E-state index in [1.165, 1.54) is 12.1 Å². The van der Waals surface area contributed by atoms with Crippen LogP contribution in [0.4, 0.5) is 8.78 Å². The van der Waals surface area contributed by atoms with E-state index < -0.39 is 5.82 Å². The number of H-pyrrole nitrogens is 3. The van der Waals surface area contributed by atoms with Crippen molar-refractivity contribution in [2.24, 2.45) is 0 Å². The second-order valence-electron chi connectivity index (χ2n) is 16.2. The first kappa shape index (κ1) is 37.3. The van der Waals surface area contributed by atoms with E-state index in [0.29, 0.717) is 44.3 Å². The number of halogens is 2. The molecule has 0 radical (unpaired) electrons. The number of aryl methyl sites for hydroxylation is 1. The molecule has 0 unspecified atom stereocenters. The Bertz CT molecular complexity index is 3880.